The van der Waals surface area contributed by atoms with Crippen LogP contribution in [0.5, 0.6) is 5.75 Å². The van der Waals surface area contributed by atoms with E-state index in [1.165, 1.54) is 0 Å². The van der Waals surface area contributed by atoms with Gasteiger partial charge in [-0.25, -0.2) is 0 Å². The fourth-order valence-electron chi connectivity index (χ4n) is 1.82. The van der Waals surface area contributed by atoms with Crippen LogP contribution in [-0.4, -0.2) is 45.1 Å². The lowest BCUT2D eigenvalue weighted by atomic mass is 10.1. The Kier molecular flexibility index (Phi) is 5.65. The predicted molar refractivity (Wildman–Crippen MR) is 73.0 cm³/mol. The van der Waals surface area contributed by atoms with Gasteiger partial charge in [-0.1, -0.05) is 13.0 Å². The molecular weight excluding hydrogens is 228 g/mol. The molecule has 1 rings (SSSR count). The third-order valence-corrected chi connectivity index (χ3v) is 2.62. The molecule has 0 bridgehead atoms. The molecule has 1 atom stereocenters. The van der Waals surface area contributed by atoms with Gasteiger partial charge in [-0.3, -0.25) is 4.79 Å². The average molecular weight is 250 g/mol. The summed E-state index contributed by atoms with van der Waals surface area (Å²) in [6.07, 6.45) is 0. The zero-order valence-electron chi connectivity index (χ0n) is 11.6. The fraction of sp³-hybridized carbons (Fsp3) is 0.500. The van der Waals surface area contributed by atoms with Crippen molar-refractivity contribution in [1.82, 2.24) is 10.2 Å². The van der Waals surface area contributed by atoms with Gasteiger partial charge >= 0.3 is 0 Å². The smallest absolute Gasteiger partial charge is 0.251 e. The maximum atomic E-state index is 11.9. The first-order chi connectivity index (χ1) is 8.52. The van der Waals surface area contributed by atoms with Crippen molar-refractivity contribution in [2.45, 2.75) is 6.92 Å². The zero-order chi connectivity index (χ0) is 13.5. The van der Waals surface area contributed by atoms with Gasteiger partial charge in [-0.15, -0.1) is 0 Å². The molecule has 0 aliphatic heterocycles. The molecule has 100 valence electrons. The van der Waals surface area contributed by atoms with Crippen molar-refractivity contribution in [3.05, 3.63) is 29.8 Å². The first-order valence-corrected chi connectivity index (χ1v) is 6.10. The monoisotopic (exact) mass is 250 g/mol. The molecule has 0 aliphatic carbocycles. The molecule has 0 saturated carbocycles. The quantitative estimate of drug-likeness (QED) is 0.834. The number of rotatable bonds is 6. The third kappa shape index (κ3) is 4.75. The van der Waals surface area contributed by atoms with E-state index >= 15 is 0 Å². The molecule has 0 saturated heterocycles. The summed E-state index contributed by atoms with van der Waals surface area (Å²) in [5.41, 5.74) is 0.631. The normalized spacial score (nSPS) is 12.3. The van der Waals surface area contributed by atoms with E-state index in [0.717, 1.165) is 6.54 Å². The van der Waals surface area contributed by atoms with Gasteiger partial charge in [-0.05, 0) is 38.2 Å². The van der Waals surface area contributed by atoms with Crippen LogP contribution >= 0.6 is 0 Å². The van der Waals surface area contributed by atoms with Gasteiger partial charge < -0.3 is 15.0 Å². The second kappa shape index (κ2) is 7.01. The van der Waals surface area contributed by atoms with Crippen molar-refractivity contribution in [1.29, 1.82) is 0 Å². The molecule has 1 N–H and O–H groups in total. The highest BCUT2D eigenvalue weighted by Gasteiger charge is 2.09. The van der Waals surface area contributed by atoms with E-state index in [0.29, 0.717) is 23.8 Å². The van der Waals surface area contributed by atoms with Gasteiger partial charge in [0.15, 0.2) is 0 Å². The van der Waals surface area contributed by atoms with Crippen molar-refractivity contribution in [3.8, 4) is 5.75 Å². The maximum Gasteiger partial charge on any atom is 0.251 e. The third-order valence-electron chi connectivity index (χ3n) is 2.62. The number of carbonyl (C=O) groups excluding carboxylic acids is 1. The van der Waals surface area contributed by atoms with Gasteiger partial charge in [0.05, 0.1) is 7.11 Å². The molecule has 0 heterocycles. The van der Waals surface area contributed by atoms with Gasteiger partial charge in [-0.2, -0.15) is 0 Å². The number of nitrogens with one attached hydrogen (secondary N) is 1. The zero-order valence-corrected chi connectivity index (χ0v) is 11.6. The van der Waals surface area contributed by atoms with E-state index in [-0.39, 0.29) is 5.91 Å². The molecule has 0 aliphatic rings. The Morgan fingerprint density at radius 2 is 2.17 bits per heavy atom. The number of ether oxygens (including phenoxy) is 1. The number of amides is 1. The molecular formula is C14H22N2O2. The first kappa shape index (κ1) is 14.5. The summed E-state index contributed by atoms with van der Waals surface area (Å²) >= 11 is 0. The number of carbonyl (C=O) groups is 1. The number of nitrogens with zero attached hydrogens (tertiary/aromatic N) is 1. The van der Waals surface area contributed by atoms with Gasteiger partial charge in [0.25, 0.3) is 5.91 Å². The number of benzene rings is 1. The highest BCUT2D eigenvalue weighted by atomic mass is 16.5. The second-order valence-corrected chi connectivity index (χ2v) is 4.81. The molecule has 0 radical (unpaired) electrons. The lowest BCUT2D eigenvalue weighted by molar-refractivity contribution is 0.0945. The maximum absolute atomic E-state index is 11.9. The van der Waals surface area contributed by atoms with Crippen LogP contribution in [0, 0.1) is 5.92 Å². The summed E-state index contributed by atoms with van der Waals surface area (Å²) in [6, 6.07) is 7.17. The molecule has 4 nitrogen and oxygen atoms in total. The second-order valence-electron chi connectivity index (χ2n) is 4.81. The van der Waals surface area contributed by atoms with Crippen LogP contribution in [0.3, 0.4) is 0 Å². The summed E-state index contributed by atoms with van der Waals surface area (Å²) in [7, 11) is 5.65. The van der Waals surface area contributed by atoms with Gasteiger partial charge in [0.2, 0.25) is 0 Å². The molecule has 0 spiro atoms. The highest BCUT2D eigenvalue weighted by Crippen LogP contribution is 2.12. The van der Waals surface area contributed by atoms with Crippen LogP contribution in [0.2, 0.25) is 0 Å². The van der Waals surface area contributed by atoms with E-state index in [1.807, 2.05) is 26.2 Å². The summed E-state index contributed by atoms with van der Waals surface area (Å²) in [6.45, 7) is 3.75. The Morgan fingerprint density at radius 3 is 2.78 bits per heavy atom. The van der Waals surface area contributed by atoms with Crippen LogP contribution in [0.25, 0.3) is 0 Å². The molecule has 18 heavy (non-hydrogen) atoms. The number of hydrogen-bond acceptors (Lipinski definition) is 3. The molecule has 0 unspecified atom stereocenters. The van der Waals surface area contributed by atoms with Gasteiger partial charge in [0.1, 0.15) is 5.75 Å². The van der Waals surface area contributed by atoms with Crippen molar-refractivity contribution in [3.63, 3.8) is 0 Å². The highest BCUT2D eigenvalue weighted by molar-refractivity contribution is 5.94. The van der Waals surface area contributed by atoms with Crippen LogP contribution < -0.4 is 10.1 Å². The van der Waals surface area contributed by atoms with E-state index in [2.05, 4.69) is 17.1 Å². The van der Waals surface area contributed by atoms with Crippen LogP contribution in [-0.2, 0) is 0 Å². The fourth-order valence-corrected chi connectivity index (χ4v) is 1.82. The van der Waals surface area contributed by atoms with E-state index in [9.17, 15) is 4.79 Å². The minimum Gasteiger partial charge on any atom is -0.497 e. The van der Waals surface area contributed by atoms with Crippen molar-refractivity contribution in [2.24, 2.45) is 5.92 Å². The Labute approximate surface area is 109 Å². The summed E-state index contributed by atoms with van der Waals surface area (Å²) in [4.78, 5) is 14.0. The molecule has 1 aromatic carbocycles. The summed E-state index contributed by atoms with van der Waals surface area (Å²) < 4.78 is 5.10. The summed E-state index contributed by atoms with van der Waals surface area (Å²) in [5, 5.41) is 2.93. The molecule has 0 fully saturated rings. The van der Waals surface area contributed by atoms with Crippen molar-refractivity contribution in [2.75, 3.05) is 34.3 Å². The first-order valence-electron chi connectivity index (χ1n) is 6.10. The number of methoxy groups -OCH3 is 1. The minimum absolute atomic E-state index is 0.0560. The molecule has 1 aromatic rings. The largest absolute Gasteiger partial charge is 0.497 e. The predicted octanol–water partition coefficient (Wildman–Crippen LogP) is 1.62. The Balaban J connectivity index is 2.49. The van der Waals surface area contributed by atoms with Crippen molar-refractivity contribution < 1.29 is 9.53 Å². The van der Waals surface area contributed by atoms with E-state index in [1.54, 1.807) is 19.2 Å². The standard InChI is InChI=1S/C14H22N2O2/c1-11(10-16(2)3)9-15-14(17)12-6-5-7-13(8-12)18-4/h5-8,11H,9-10H2,1-4H3,(H,15,17)/t11-/m1/s1. The van der Waals surface area contributed by atoms with Crippen LogP contribution in [0.15, 0.2) is 24.3 Å². The topological polar surface area (TPSA) is 41.6 Å². The van der Waals surface area contributed by atoms with Gasteiger partial charge in [0, 0.05) is 18.7 Å². The number of hydrogen-bond donors (Lipinski definition) is 1. The SMILES string of the molecule is COc1cccc(C(=O)NC[C@@H](C)CN(C)C)c1. The lowest BCUT2D eigenvalue weighted by Crippen LogP contribution is -2.32. The Morgan fingerprint density at radius 1 is 1.44 bits per heavy atom. The molecule has 0 aromatic heterocycles. The van der Waals surface area contributed by atoms with Crippen molar-refractivity contribution >= 4 is 5.91 Å². The van der Waals surface area contributed by atoms with Crippen LogP contribution in [0.4, 0.5) is 0 Å². The lowest BCUT2D eigenvalue weighted by Gasteiger charge is -2.17. The Hall–Kier alpha value is -1.55. The van der Waals surface area contributed by atoms with E-state index < -0.39 is 0 Å². The van der Waals surface area contributed by atoms with Crippen LogP contribution in [0.1, 0.15) is 17.3 Å². The van der Waals surface area contributed by atoms with E-state index in [4.69, 9.17) is 4.74 Å². The summed E-state index contributed by atoms with van der Waals surface area (Å²) in [5.74, 6) is 1.07. The molecule has 1 amide bonds. The Bertz CT molecular complexity index is 391. The minimum atomic E-state index is -0.0560. The average Bonchev–Trinajstić information content (AvgIpc) is 2.35. The molecule has 4 heteroatoms.